The highest BCUT2D eigenvalue weighted by Crippen LogP contribution is 2.24. The molecule has 0 heterocycles. The van der Waals surface area contributed by atoms with E-state index in [-0.39, 0.29) is 43.8 Å². The minimum atomic E-state index is -3.61. The van der Waals surface area contributed by atoms with E-state index in [0.717, 1.165) is 43.1 Å². The summed E-state index contributed by atoms with van der Waals surface area (Å²) in [5, 5.41) is 3.21. The molecule has 2 amide bonds. The Bertz CT molecular complexity index is 1470. The summed E-state index contributed by atoms with van der Waals surface area (Å²) in [5.41, 5.74) is 2.28. The Morgan fingerprint density at radius 2 is 1.55 bits per heavy atom. The Kier molecular flexibility index (Phi) is 11.7. The van der Waals surface area contributed by atoms with Crippen LogP contribution in [0.3, 0.4) is 0 Å². The van der Waals surface area contributed by atoms with Crippen LogP contribution in [0.25, 0.3) is 0 Å². The molecule has 3 aromatic rings. The van der Waals surface area contributed by atoms with Crippen LogP contribution < -0.4 is 19.1 Å². The van der Waals surface area contributed by atoms with E-state index in [2.05, 4.69) is 5.32 Å². The van der Waals surface area contributed by atoms with Crippen LogP contribution in [0, 0.1) is 0 Å². The molecule has 1 aliphatic rings. The van der Waals surface area contributed by atoms with Crippen molar-refractivity contribution in [3.63, 3.8) is 0 Å². The molecule has 1 atom stereocenters. The molecule has 236 valence electrons. The van der Waals surface area contributed by atoms with Gasteiger partial charge in [-0.1, -0.05) is 55.3 Å². The number of nitrogens with one attached hydrogen (secondary N) is 1. The molecule has 0 saturated heterocycles. The highest BCUT2D eigenvalue weighted by molar-refractivity contribution is 7.92. The van der Waals surface area contributed by atoms with Crippen LogP contribution in [0.2, 0.25) is 0 Å². The average Bonchev–Trinajstić information content (AvgIpc) is 3.54. The second kappa shape index (κ2) is 15.6. The normalized spacial score (nSPS) is 14.1. The predicted octanol–water partition coefficient (Wildman–Crippen LogP) is 4.95. The number of benzene rings is 3. The van der Waals surface area contributed by atoms with E-state index in [1.807, 2.05) is 54.6 Å². The Morgan fingerprint density at radius 1 is 0.886 bits per heavy atom. The van der Waals surface area contributed by atoms with E-state index < -0.39 is 16.1 Å². The third-order valence-corrected chi connectivity index (χ3v) is 9.17. The van der Waals surface area contributed by atoms with Crippen molar-refractivity contribution >= 4 is 27.5 Å². The van der Waals surface area contributed by atoms with Gasteiger partial charge in [-0.3, -0.25) is 13.9 Å². The van der Waals surface area contributed by atoms with Crippen LogP contribution >= 0.6 is 0 Å². The van der Waals surface area contributed by atoms with E-state index >= 15 is 0 Å². The number of hydrogen-bond acceptors (Lipinski definition) is 6. The lowest BCUT2D eigenvalue weighted by Gasteiger charge is -2.33. The number of anilines is 1. The molecule has 1 saturated carbocycles. The molecule has 1 fully saturated rings. The first-order valence-corrected chi connectivity index (χ1v) is 16.9. The number of amides is 2. The molecule has 0 aliphatic heterocycles. The Balaban J connectivity index is 1.59. The minimum absolute atomic E-state index is 0.0636. The number of sulfonamides is 1. The van der Waals surface area contributed by atoms with Crippen molar-refractivity contribution in [2.24, 2.45) is 0 Å². The molecule has 0 radical (unpaired) electrons. The lowest BCUT2D eigenvalue weighted by Crippen LogP contribution is -2.52. The number of methoxy groups -OCH3 is 2. The first-order valence-electron chi connectivity index (χ1n) is 15.1. The highest BCUT2D eigenvalue weighted by Gasteiger charge is 2.32. The fourth-order valence-electron chi connectivity index (χ4n) is 5.64. The van der Waals surface area contributed by atoms with Crippen LogP contribution in [0.5, 0.6) is 11.5 Å². The number of ether oxygens (including phenoxy) is 2. The summed E-state index contributed by atoms with van der Waals surface area (Å²) >= 11 is 0. The molecule has 44 heavy (non-hydrogen) atoms. The van der Waals surface area contributed by atoms with Crippen LogP contribution in [0.1, 0.15) is 49.7 Å². The van der Waals surface area contributed by atoms with Crippen LogP contribution in [0.4, 0.5) is 5.69 Å². The molecule has 4 rings (SSSR count). The first-order chi connectivity index (χ1) is 21.2. The molecule has 0 bridgehead atoms. The van der Waals surface area contributed by atoms with E-state index in [0.29, 0.717) is 23.6 Å². The maximum absolute atomic E-state index is 14.1. The summed E-state index contributed by atoms with van der Waals surface area (Å²) in [7, 11) is -0.470. The van der Waals surface area contributed by atoms with Gasteiger partial charge in [-0.15, -0.1) is 0 Å². The van der Waals surface area contributed by atoms with E-state index in [9.17, 15) is 18.0 Å². The van der Waals surface area contributed by atoms with Gasteiger partial charge in [-0.25, -0.2) is 8.42 Å². The summed E-state index contributed by atoms with van der Waals surface area (Å²) in [6, 6.07) is 23.3. The highest BCUT2D eigenvalue weighted by atomic mass is 32.2. The summed E-state index contributed by atoms with van der Waals surface area (Å²) in [5.74, 6) is 0.880. The molecular formula is C34H43N3O6S. The third kappa shape index (κ3) is 9.22. The zero-order valence-electron chi connectivity index (χ0n) is 25.8. The summed E-state index contributed by atoms with van der Waals surface area (Å²) in [6.45, 7) is 0.321. The van der Waals surface area contributed by atoms with Gasteiger partial charge in [0.2, 0.25) is 21.8 Å². The number of hydrogen-bond donors (Lipinski definition) is 1. The Morgan fingerprint density at radius 3 is 2.18 bits per heavy atom. The largest absolute Gasteiger partial charge is 0.497 e. The Labute approximate surface area is 261 Å². The lowest BCUT2D eigenvalue weighted by molar-refractivity contribution is -0.141. The SMILES string of the molecule is COc1ccc(N(CCCC(=O)N(Cc2cccc(OC)c2)[C@@H](Cc2ccccc2)C(=O)NC2CCCC2)S(C)(=O)=O)cc1. The zero-order chi connectivity index (χ0) is 31.5. The smallest absolute Gasteiger partial charge is 0.243 e. The van der Waals surface area contributed by atoms with Gasteiger partial charge in [0.15, 0.2) is 0 Å². The van der Waals surface area contributed by atoms with Crippen molar-refractivity contribution < 1.29 is 27.5 Å². The average molecular weight is 622 g/mol. The fourth-order valence-corrected chi connectivity index (χ4v) is 6.61. The zero-order valence-corrected chi connectivity index (χ0v) is 26.6. The monoisotopic (exact) mass is 621 g/mol. The number of rotatable bonds is 15. The van der Waals surface area contributed by atoms with Gasteiger partial charge < -0.3 is 19.7 Å². The van der Waals surface area contributed by atoms with Crippen molar-refractivity contribution in [3.8, 4) is 11.5 Å². The van der Waals surface area contributed by atoms with Crippen molar-refractivity contribution in [2.45, 2.75) is 63.6 Å². The third-order valence-electron chi connectivity index (χ3n) is 7.97. The van der Waals surface area contributed by atoms with Gasteiger partial charge in [-0.2, -0.15) is 0 Å². The molecule has 3 aromatic carbocycles. The lowest BCUT2D eigenvalue weighted by atomic mass is 10.0. The Hall–Kier alpha value is -4.05. The van der Waals surface area contributed by atoms with Gasteiger partial charge in [0.25, 0.3) is 0 Å². The molecule has 1 aliphatic carbocycles. The minimum Gasteiger partial charge on any atom is -0.497 e. The summed E-state index contributed by atoms with van der Waals surface area (Å²) in [6.07, 6.45) is 5.86. The quantitative estimate of drug-likeness (QED) is 0.258. The molecular weight excluding hydrogens is 578 g/mol. The first kappa shape index (κ1) is 32.9. The van der Waals surface area contributed by atoms with Gasteiger partial charge in [0.05, 0.1) is 26.2 Å². The second-order valence-electron chi connectivity index (χ2n) is 11.2. The summed E-state index contributed by atoms with van der Waals surface area (Å²) < 4.78 is 37.3. The van der Waals surface area contributed by atoms with Crippen molar-refractivity contribution in [1.82, 2.24) is 10.2 Å². The molecule has 9 nitrogen and oxygen atoms in total. The molecule has 0 unspecified atom stereocenters. The van der Waals surface area contributed by atoms with Crippen LogP contribution in [-0.2, 0) is 32.6 Å². The van der Waals surface area contributed by atoms with Crippen molar-refractivity contribution in [2.75, 3.05) is 31.3 Å². The van der Waals surface area contributed by atoms with Crippen molar-refractivity contribution in [3.05, 3.63) is 90.0 Å². The topological polar surface area (TPSA) is 105 Å². The van der Waals surface area contributed by atoms with Crippen LogP contribution in [0.15, 0.2) is 78.9 Å². The van der Waals surface area contributed by atoms with Crippen LogP contribution in [-0.4, -0.2) is 64.2 Å². The standard InChI is InChI=1S/C34H43N3O6S/c1-42-30-20-18-29(19-21-30)37(44(3,40)41)22-10-17-33(38)36(25-27-13-9-16-31(23-27)43-2)32(24-26-11-5-4-6-12-26)34(39)35-28-14-7-8-15-28/h4-6,9,11-13,16,18-21,23,28,32H,7-8,10,14-15,17,22,24-25H2,1-3H3,(H,35,39)/t32-/m0/s1. The van der Waals surface area contributed by atoms with Gasteiger partial charge in [0.1, 0.15) is 17.5 Å². The van der Waals surface area contributed by atoms with E-state index in [1.54, 1.807) is 43.4 Å². The predicted molar refractivity (Wildman–Crippen MR) is 172 cm³/mol. The van der Waals surface area contributed by atoms with Gasteiger partial charge >= 0.3 is 0 Å². The molecule has 1 N–H and O–H groups in total. The maximum Gasteiger partial charge on any atom is 0.243 e. The number of carbonyl (C=O) groups excluding carboxylic acids is 2. The molecule has 0 aromatic heterocycles. The number of carbonyl (C=O) groups is 2. The van der Waals surface area contributed by atoms with E-state index in [1.165, 1.54) is 4.31 Å². The fraction of sp³-hybridized carbons (Fsp3) is 0.412. The van der Waals surface area contributed by atoms with Crippen molar-refractivity contribution in [1.29, 1.82) is 0 Å². The van der Waals surface area contributed by atoms with E-state index in [4.69, 9.17) is 9.47 Å². The second-order valence-corrected chi connectivity index (χ2v) is 13.1. The summed E-state index contributed by atoms with van der Waals surface area (Å²) in [4.78, 5) is 29.6. The van der Waals surface area contributed by atoms with Gasteiger partial charge in [-0.05, 0) is 66.8 Å². The van der Waals surface area contributed by atoms with Gasteiger partial charge in [0, 0.05) is 32.0 Å². The molecule has 0 spiro atoms. The maximum atomic E-state index is 14.1. The number of nitrogens with zero attached hydrogens (tertiary/aromatic N) is 2. The molecule has 10 heteroatoms.